The zero-order chi connectivity index (χ0) is 25.9. The highest BCUT2D eigenvalue weighted by Gasteiger charge is 2.61. The van der Waals surface area contributed by atoms with Crippen molar-refractivity contribution in [3.8, 4) is 0 Å². The molecule has 4 saturated carbocycles. The number of halogens is 2. The number of benzene rings is 1. The second-order valence-corrected chi connectivity index (χ2v) is 12.9. The SMILES string of the molecule is Cc1c(Cl)c([N+](=O)[O-])nn1C12CC3CC(CC(CC(=O)N4CCN(Cc5ccc(Cl)cc5)CC4)(C3)C1)C2. The molecule has 37 heavy (non-hydrogen) atoms. The zero-order valence-electron chi connectivity index (χ0n) is 21.2. The van der Waals surface area contributed by atoms with Gasteiger partial charge in [-0.1, -0.05) is 35.3 Å². The summed E-state index contributed by atoms with van der Waals surface area (Å²) in [5, 5.41) is 16.8. The Labute approximate surface area is 227 Å². The summed E-state index contributed by atoms with van der Waals surface area (Å²) in [5.74, 6) is 1.07. The molecule has 2 unspecified atom stereocenters. The van der Waals surface area contributed by atoms with Gasteiger partial charge in [0.25, 0.3) is 0 Å². The third-order valence-electron chi connectivity index (χ3n) is 9.37. The summed E-state index contributed by atoms with van der Waals surface area (Å²) in [6.07, 6.45) is 6.70. The number of carbonyl (C=O) groups is 1. The number of hydrogen-bond acceptors (Lipinski definition) is 5. The number of carbonyl (C=O) groups excluding carboxylic acids is 1. The first-order chi connectivity index (χ1) is 17.7. The smallest absolute Gasteiger partial charge is 0.358 e. The molecule has 0 spiro atoms. The number of piperazine rings is 1. The molecule has 2 heterocycles. The van der Waals surface area contributed by atoms with Gasteiger partial charge >= 0.3 is 5.82 Å². The first-order valence-electron chi connectivity index (χ1n) is 13.3. The van der Waals surface area contributed by atoms with E-state index < -0.39 is 4.92 Å². The molecule has 1 aromatic carbocycles. The lowest BCUT2D eigenvalue weighted by molar-refractivity contribution is -0.389. The van der Waals surface area contributed by atoms with Crippen molar-refractivity contribution in [1.29, 1.82) is 0 Å². The van der Waals surface area contributed by atoms with E-state index in [0.29, 0.717) is 24.0 Å². The van der Waals surface area contributed by atoms with Gasteiger partial charge in [0.15, 0.2) is 5.02 Å². The van der Waals surface area contributed by atoms with Gasteiger partial charge in [-0.3, -0.25) is 9.69 Å². The molecule has 5 aliphatic rings. The van der Waals surface area contributed by atoms with Crippen LogP contribution in [0.15, 0.2) is 24.3 Å². The lowest BCUT2D eigenvalue weighted by Crippen LogP contribution is -2.58. The molecule has 1 amide bonds. The fourth-order valence-corrected chi connectivity index (χ4v) is 8.65. The van der Waals surface area contributed by atoms with E-state index in [1.165, 1.54) is 12.0 Å². The molecule has 10 heteroatoms. The molecule has 2 atom stereocenters. The summed E-state index contributed by atoms with van der Waals surface area (Å²) < 4.78 is 1.87. The molecular weight excluding hydrogens is 513 g/mol. The van der Waals surface area contributed by atoms with Crippen molar-refractivity contribution in [2.45, 2.75) is 64.0 Å². The van der Waals surface area contributed by atoms with E-state index in [-0.39, 0.29) is 27.7 Å². The van der Waals surface area contributed by atoms with E-state index >= 15 is 0 Å². The van der Waals surface area contributed by atoms with E-state index in [2.05, 4.69) is 22.1 Å². The van der Waals surface area contributed by atoms with Gasteiger partial charge in [0.2, 0.25) is 5.91 Å². The van der Waals surface area contributed by atoms with Crippen LogP contribution in [0.5, 0.6) is 0 Å². The van der Waals surface area contributed by atoms with Gasteiger partial charge in [0, 0.05) is 44.2 Å². The van der Waals surface area contributed by atoms with Crippen LogP contribution in [0.2, 0.25) is 10.0 Å². The summed E-state index contributed by atoms with van der Waals surface area (Å²) in [4.78, 5) is 29.1. The third-order valence-corrected chi connectivity index (χ3v) is 10.1. The van der Waals surface area contributed by atoms with Crippen molar-refractivity contribution in [3.05, 3.63) is 55.7 Å². The predicted octanol–water partition coefficient (Wildman–Crippen LogP) is 5.44. The van der Waals surface area contributed by atoms with Crippen LogP contribution < -0.4 is 0 Å². The van der Waals surface area contributed by atoms with E-state index in [0.717, 1.165) is 69.9 Å². The number of hydrogen-bond donors (Lipinski definition) is 0. The van der Waals surface area contributed by atoms with Crippen molar-refractivity contribution >= 4 is 34.9 Å². The van der Waals surface area contributed by atoms with E-state index in [9.17, 15) is 14.9 Å². The average Bonchev–Trinajstić information content (AvgIpc) is 3.15. The normalized spacial score (nSPS) is 31.2. The summed E-state index contributed by atoms with van der Waals surface area (Å²) in [7, 11) is 0. The Bertz CT molecular complexity index is 1210. The molecule has 198 valence electrons. The first kappa shape index (κ1) is 25.1. The largest absolute Gasteiger partial charge is 0.408 e. The van der Waals surface area contributed by atoms with Gasteiger partial charge in [-0.25, -0.2) is 0 Å². The standard InChI is InChI=1S/C27H33Cl2N5O3/c1-18-24(29)25(34(36)37)30-33(18)27-13-20-10-21(14-27)12-26(11-20,17-27)15-23(35)32-8-6-31(7-9-32)16-19-2-4-22(28)5-3-19/h2-5,20-21H,6-17H2,1H3. The van der Waals surface area contributed by atoms with Crippen LogP contribution in [0.1, 0.15) is 56.2 Å². The Morgan fingerprint density at radius 1 is 1.08 bits per heavy atom. The van der Waals surface area contributed by atoms with E-state index in [1.54, 1.807) is 0 Å². The molecule has 0 radical (unpaired) electrons. The molecule has 1 aliphatic heterocycles. The molecular formula is C27H33Cl2N5O3. The van der Waals surface area contributed by atoms with Crippen molar-refractivity contribution in [2.75, 3.05) is 26.2 Å². The minimum atomic E-state index is -0.488. The van der Waals surface area contributed by atoms with Gasteiger partial charge in [-0.05, 0) is 85.3 Å². The highest BCUT2D eigenvalue weighted by molar-refractivity contribution is 6.33. The minimum absolute atomic E-state index is 0.0543. The lowest BCUT2D eigenvalue weighted by Gasteiger charge is -2.61. The van der Waals surface area contributed by atoms with Gasteiger partial charge < -0.3 is 15.0 Å². The molecule has 2 aromatic rings. The monoisotopic (exact) mass is 545 g/mol. The Kier molecular flexibility index (Phi) is 6.28. The molecule has 0 N–H and O–H groups in total. The maximum Gasteiger partial charge on any atom is 0.408 e. The second-order valence-electron chi connectivity index (χ2n) is 12.0. The first-order valence-corrected chi connectivity index (χ1v) is 14.1. The quantitative estimate of drug-likeness (QED) is 0.356. The molecule has 1 aromatic heterocycles. The fraction of sp³-hybridized carbons (Fsp3) is 0.630. The van der Waals surface area contributed by atoms with Gasteiger partial charge in [-0.15, -0.1) is 0 Å². The number of aromatic nitrogens is 2. The zero-order valence-corrected chi connectivity index (χ0v) is 22.7. The minimum Gasteiger partial charge on any atom is -0.358 e. The third kappa shape index (κ3) is 4.55. The highest BCUT2D eigenvalue weighted by Crippen LogP contribution is 2.65. The Morgan fingerprint density at radius 2 is 1.73 bits per heavy atom. The molecule has 1 saturated heterocycles. The fourth-order valence-electron chi connectivity index (χ4n) is 8.34. The van der Waals surface area contributed by atoms with E-state index in [4.69, 9.17) is 23.2 Å². The number of nitro groups is 1. The van der Waals surface area contributed by atoms with Gasteiger partial charge in [-0.2, -0.15) is 4.68 Å². The van der Waals surface area contributed by atoms with Crippen LogP contribution >= 0.6 is 23.2 Å². The Balaban J connectivity index is 1.15. The number of amides is 1. The van der Waals surface area contributed by atoms with Crippen LogP contribution in [0.4, 0.5) is 5.82 Å². The van der Waals surface area contributed by atoms with Crippen LogP contribution in [0, 0.1) is 34.3 Å². The summed E-state index contributed by atoms with van der Waals surface area (Å²) in [5.41, 5.74) is 1.58. The molecule has 4 bridgehead atoms. The maximum absolute atomic E-state index is 13.6. The van der Waals surface area contributed by atoms with Crippen molar-refractivity contribution in [1.82, 2.24) is 19.6 Å². The molecule has 4 aliphatic carbocycles. The van der Waals surface area contributed by atoms with Crippen molar-refractivity contribution < 1.29 is 9.72 Å². The van der Waals surface area contributed by atoms with Crippen LogP contribution in [-0.4, -0.2) is 56.6 Å². The lowest BCUT2D eigenvalue weighted by atomic mass is 9.46. The van der Waals surface area contributed by atoms with Crippen molar-refractivity contribution in [3.63, 3.8) is 0 Å². The predicted molar refractivity (Wildman–Crippen MR) is 142 cm³/mol. The second kappa shape index (κ2) is 9.24. The summed E-state index contributed by atoms with van der Waals surface area (Å²) in [6.45, 7) is 5.94. The summed E-state index contributed by atoms with van der Waals surface area (Å²) >= 11 is 12.4. The van der Waals surface area contributed by atoms with Crippen molar-refractivity contribution in [2.24, 2.45) is 17.3 Å². The number of rotatable bonds is 6. The Hall–Kier alpha value is -2.16. The number of nitrogens with zero attached hydrogens (tertiary/aromatic N) is 5. The average molecular weight is 546 g/mol. The van der Waals surface area contributed by atoms with Gasteiger partial charge in [0.05, 0.1) is 16.3 Å². The molecule has 8 nitrogen and oxygen atoms in total. The van der Waals surface area contributed by atoms with Crippen LogP contribution in [-0.2, 0) is 16.9 Å². The maximum atomic E-state index is 13.6. The van der Waals surface area contributed by atoms with Gasteiger partial charge in [0.1, 0.15) is 0 Å². The molecule has 7 rings (SSSR count). The molecule has 5 fully saturated rings. The van der Waals surface area contributed by atoms with Crippen LogP contribution in [0.25, 0.3) is 0 Å². The Morgan fingerprint density at radius 3 is 2.32 bits per heavy atom. The topological polar surface area (TPSA) is 84.5 Å². The van der Waals surface area contributed by atoms with E-state index in [1.807, 2.05) is 28.6 Å². The van der Waals surface area contributed by atoms with Crippen LogP contribution in [0.3, 0.4) is 0 Å². The summed E-state index contributed by atoms with van der Waals surface area (Å²) in [6, 6.07) is 7.97. The highest BCUT2D eigenvalue weighted by atomic mass is 35.5.